The molecule has 0 radical (unpaired) electrons. The van der Waals surface area contributed by atoms with Crippen molar-refractivity contribution in [2.45, 2.75) is 119 Å². The SMILES string of the molecule is CC(C)(Cc1cccc(O)c1CC(C)(C)C1(C)CCCCC1)C1(C)CCCCC1. The highest BCUT2D eigenvalue weighted by atomic mass is 16.3. The van der Waals surface area contributed by atoms with Crippen LogP contribution in [0.5, 0.6) is 5.75 Å². The molecular formula is C28H46O. The third kappa shape index (κ3) is 4.54. The lowest BCUT2D eigenvalue weighted by atomic mass is 9.56. The Balaban J connectivity index is 1.87. The fourth-order valence-corrected chi connectivity index (χ4v) is 6.35. The maximum atomic E-state index is 10.9. The van der Waals surface area contributed by atoms with Gasteiger partial charge >= 0.3 is 0 Å². The van der Waals surface area contributed by atoms with Gasteiger partial charge in [-0.3, -0.25) is 0 Å². The van der Waals surface area contributed by atoms with Gasteiger partial charge in [0.25, 0.3) is 0 Å². The van der Waals surface area contributed by atoms with E-state index < -0.39 is 0 Å². The first-order valence-electron chi connectivity index (χ1n) is 12.3. The fourth-order valence-electron chi connectivity index (χ4n) is 6.35. The van der Waals surface area contributed by atoms with Crippen molar-refractivity contribution in [2.75, 3.05) is 0 Å². The lowest BCUT2D eigenvalue weighted by Gasteiger charge is -2.49. The summed E-state index contributed by atoms with van der Waals surface area (Å²) in [5.41, 5.74) is 3.81. The number of hydrogen-bond donors (Lipinski definition) is 1. The number of phenols is 1. The summed E-state index contributed by atoms with van der Waals surface area (Å²) in [5, 5.41) is 10.9. The van der Waals surface area contributed by atoms with Crippen molar-refractivity contribution in [1.29, 1.82) is 0 Å². The average Bonchev–Trinajstić information content (AvgIpc) is 2.65. The summed E-state index contributed by atoms with van der Waals surface area (Å²) in [6, 6.07) is 6.26. The Bertz CT molecular complexity index is 684. The van der Waals surface area contributed by atoms with Gasteiger partial charge < -0.3 is 5.11 Å². The summed E-state index contributed by atoms with van der Waals surface area (Å²) in [6.45, 7) is 14.9. The second kappa shape index (κ2) is 8.27. The highest BCUT2D eigenvalue weighted by Crippen LogP contribution is 2.54. The third-order valence-electron chi connectivity index (χ3n) is 9.68. The second-order valence-corrected chi connectivity index (χ2v) is 12.3. The maximum Gasteiger partial charge on any atom is 0.119 e. The number of phenolic OH excluding ortho intramolecular Hbond substituents is 1. The van der Waals surface area contributed by atoms with Gasteiger partial charge in [-0.25, -0.2) is 0 Å². The molecule has 2 saturated carbocycles. The van der Waals surface area contributed by atoms with Crippen LogP contribution in [0.1, 0.15) is 117 Å². The Hall–Kier alpha value is -0.980. The number of benzene rings is 1. The molecule has 164 valence electrons. The molecule has 0 saturated heterocycles. The van der Waals surface area contributed by atoms with E-state index in [1.54, 1.807) is 0 Å². The molecule has 1 nitrogen and oxygen atoms in total. The summed E-state index contributed by atoms with van der Waals surface area (Å²) in [4.78, 5) is 0. The molecule has 1 aromatic carbocycles. The summed E-state index contributed by atoms with van der Waals surface area (Å²) >= 11 is 0. The topological polar surface area (TPSA) is 20.2 Å². The molecule has 0 spiro atoms. The lowest BCUT2D eigenvalue weighted by Crippen LogP contribution is -2.40. The minimum atomic E-state index is 0.194. The number of hydrogen-bond acceptors (Lipinski definition) is 1. The molecule has 1 heteroatoms. The van der Waals surface area contributed by atoms with Crippen LogP contribution in [-0.4, -0.2) is 5.11 Å². The van der Waals surface area contributed by atoms with E-state index in [-0.39, 0.29) is 10.8 Å². The molecule has 0 heterocycles. The monoisotopic (exact) mass is 398 g/mol. The Kier molecular flexibility index (Phi) is 6.48. The van der Waals surface area contributed by atoms with E-state index in [1.165, 1.54) is 75.3 Å². The van der Waals surface area contributed by atoms with Crippen LogP contribution in [0.2, 0.25) is 0 Å². The molecule has 0 atom stereocenters. The molecule has 2 aliphatic carbocycles. The minimum absolute atomic E-state index is 0.194. The van der Waals surface area contributed by atoms with E-state index >= 15 is 0 Å². The molecule has 1 aromatic rings. The van der Waals surface area contributed by atoms with E-state index in [2.05, 4.69) is 53.7 Å². The van der Waals surface area contributed by atoms with Gasteiger partial charge in [-0.1, -0.05) is 92.2 Å². The van der Waals surface area contributed by atoms with Crippen LogP contribution in [0, 0.1) is 21.7 Å². The standard InChI is InChI=1S/C28H46O/c1-25(2,27(5)16-9-7-10-17-27)20-22-14-13-15-24(29)23(22)21-26(3,4)28(6)18-11-8-12-19-28/h13-15,29H,7-12,16-21H2,1-6H3. The Morgan fingerprint density at radius 1 is 0.724 bits per heavy atom. The van der Waals surface area contributed by atoms with Crippen molar-refractivity contribution >= 4 is 0 Å². The van der Waals surface area contributed by atoms with Gasteiger partial charge in [0.05, 0.1) is 0 Å². The molecule has 29 heavy (non-hydrogen) atoms. The molecule has 3 rings (SSSR count). The van der Waals surface area contributed by atoms with E-state index in [9.17, 15) is 5.11 Å². The van der Waals surface area contributed by atoms with Crippen LogP contribution < -0.4 is 0 Å². The predicted molar refractivity (Wildman–Crippen MR) is 125 cm³/mol. The molecule has 0 bridgehead atoms. The molecule has 0 aliphatic heterocycles. The van der Waals surface area contributed by atoms with Crippen LogP contribution >= 0.6 is 0 Å². The zero-order valence-electron chi connectivity index (χ0n) is 20.2. The average molecular weight is 399 g/mol. The Morgan fingerprint density at radius 2 is 1.17 bits per heavy atom. The summed E-state index contributed by atoms with van der Waals surface area (Å²) < 4.78 is 0. The van der Waals surface area contributed by atoms with Crippen molar-refractivity contribution in [3.8, 4) is 5.75 Å². The predicted octanol–water partition coefficient (Wildman–Crippen LogP) is 8.47. The van der Waals surface area contributed by atoms with Crippen molar-refractivity contribution in [1.82, 2.24) is 0 Å². The molecule has 0 amide bonds. The summed E-state index contributed by atoms with van der Waals surface area (Å²) in [5.74, 6) is 0.514. The van der Waals surface area contributed by atoms with Crippen LogP contribution in [0.25, 0.3) is 0 Å². The maximum absolute atomic E-state index is 10.9. The van der Waals surface area contributed by atoms with Crippen molar-refractivity contribution in [3.63, 3.8) is 0 Å². The quantitative estimate of drug-likeness (QED) is 0.509. The fraction of sp³-hybridized carbons (Fsp3) is 0.786. The van der Waals surface area contributed by atoms with Crippen molar-refractivity contribution in [2.24, 2.45) is 21.7 Å². The number of rotatable bonds is 6. The second-order valence-electron chi connectivity index (χ2n) is 12.3. The summed E-state index contributed by atoms with van der Waals surface area (Å²) in [7, 11) is 0. The first-order chi connectivity index (χ1) is 13.5. The van der Waals surface area contributed by atoms with Crippen LogP contribution in [0.3, 0.4) is 0 Å². The molecule has 1 N–H and O–H groups in total. The third-order valence-corrected chi connectivity index (χ3v) is 9.68. The van der Waals surface area contributed by atoms with Gasteiger partial charge in [0.1, 0.15) is 5.75 Å². The van der Waals surface area contributed by atoms with E-state index in [4.69, 9.17) is 0 Å². The molecular weight excluding hydrogens is 352 g/mol. The van der Waals surface area contributed by atoms with Crippen LogP contribution in [0.4, 0.5) is 0 Å². The normalized spacial score (nSPS) is 22.4. The molecule has 2 aliphatic rings. The smallest absolute Gasteiger partial charge is 0.119 e. The van der Waals surface area contributed by atoms with Crippen LogP contribution in [-0.2, 0) is 12.8 Å². The Labute approximate surface area is 180 Å². The minimum Gasteiger partial charge on any atom is -0.508 e. The van der Waals surface area contributed by atoms with E-state index in [1.807, 2.05) is 6.07 Å². The van der Waals surface area contributed by atoms with Crippen molar-refractivity contribution < 1.29 is 5.11 Å². The molecule has 0 aromatic heterocycles. The van der Waals surface area contributed by atoms with Gasteiger partial charge in [0.2, 0.25) is 0 Å². The van der Waals surface area contributed by atoms with E-state index in [0.29, 0.717) is 16.6 Å². The largest absolute Gasteiger partial charge is 0.508 e. The lowest BCUT2D eigenvalue weighted by molar-refractivity contribution is 0.0389. The van der Waals surface area contributed by atoms with Gasteiger partial charge in [0.15, 0.2) is 0 Å². The number of aromatic hydroxyl groups is 1. The van der Waals surface area contributed by atoms with Gasteiger partial charge in [0, 0.05) is 0 Å². The summed E-state index contributed by atoms with van der Waals surface area (Å²) in [6.07, 6.45) is 15.6. The first kappa shape index (κ1) is 22.7. The molecule has 0 unspecified atom stereocenters. The zero-order valence-corrected chi connectivity index (χ0v) is 20.2. The zero-order chi connectivity index (χ0) is 21.3. The van der Waals surface area contributed by atoms with Crippen molar-refractivity contribution in [3.05, 3.63) is 29.3 Å². The highest BCUT2D eigenvalue weighted by Gasteiger charge is 2.44. The highest BCUT2D eigenvalue weighted by molar-refractivity contribution is 5.41. The Morgan fingerprint density at radius 3 is 1.66 bits per heavy atom. The van der Waals surface area contributed by atoms with Gasteiger partial charge in [-0.2, -0.15) is 0 Å². The van der Waals surface area contributed by atoms with E-state index in [0.717, 1.165) is 12.8 Å². The van der Waals surface area contributed by atoms with Crippen LogP contribution in [0.15, 0.2) is 18.2 Å². The first-order valence-corrected chi connectivity index (χ1v) is 12.3. The van der Waals surface area contributed by atoms with Gasteiger partial charge in [-0.05, 0) is 77.4 Å². The van der Waals surface area contributed by atoms with Gasteiger partial charge in [-0.15, -0.1) is 0 Å². The molecule has 2 fully saturated rings.